The normalized spacial score (nSPS) is 12.2. The van der Waals surface area contributed by atoms with E-state index in [1.807, 2.05) is 36.0 Å². The highest BCUT2D eigenvalue weighted by Crippen LogP contribution is 2.17. The molecule has 0 spiro atoms. The summed E-state index contributed by atoms with van der Waals surface area (Å²) in [6.07, 6.45) is 1.23. The lowest BCUT2D eigenvalue weighted by atomic mass is 10.1. The molecule has 1 rings (SSSR count). The molecule has 0 aliphatic rings. The van der Waals surface area contributed by atoms with Crippen LogP contribution in [-0.2, 0) is 10.5 Å². The largest absolute Gasteiger partial charge is 0.465 e. The van der Waals surface area contributed by atoms with Crippen LogP contribution in [0.5, 0.6) is 0 Å². The van der Waals surface area contributed by atoms with Gasteiger partial charge in [-0.2, -0.15) is 11.8 Å². The molecule has 1 aromatic rings. The average molecular weight is 252 g/mol. The van der Waals surface area contributed by atoms with Gasteiger partial charge in [0.05, 0.1) is 12.7 Å². The first-order valence-electron chi connectivity index (χ1n) is 5.92. The molecule has 0 amide bonds. The van der Waals surface area contributed by atoms with Crippen molar-refractivity contribution in [2.75, 3.05) is 12.9 Å². The summed E-state index contributed by atoms with van der Waals surface area (Å²) in [7, 11) is 1.40. The molecule has 0 fully saturated rings. The van der Waals surface area contributed by atoms with E-state index in [2.05, 4.69) is 18.6 Å². The number of carbonyl (C=O) groups excluding carboxylic acids is 1. The molecule has 2 nitrogen and oxygen atoms in total. The highest BCUT2D eigenvalue weighted by Gasteiger charge is 2.04. The van der Waals surface area contributed by atoms with E-state index in [4.69, 9.17) is 0 Å². The second-order valence-corrected chi connectivity index (χ2v) is 5.25. The second kappa shape index (κ2) is 7.38. The maximum Gasteiger partial charge on any atom is 0.337 e. The van der Waals surface area contributed by atoms with Crippen LogP contribution in [0.25, 0.3) is 0 Å². The van der Waals surface area contributed by atoms with Gasteiger partial charge in [0.25, 0.3) is 0 Å². The topological polar surface area (TPSA) is 26.3 Å². The molecular weight excluding hydrogens is 232 g/mol. The number of carbonyl (C=O) groups is 1. The zero-order chi connectivity index (χ0) is 12.7. The Bertz CT molecular complexity index is 346. The molecule has 1 aromatic carbocycles. The van der Waals surface area contributed by atoms with Gasteiger partial charge in [0.1, 0.15) is 0 Å². The predicted molar refractivity (Wildman–Crippen MR) is 73.4 cm³/mol. The van der Waals surface area contributed by atoms with Crippen LogP contribution in [0.3, 0.4) is 0 Å². The van der Waals surface area contributed by atoms with Crippen LogP contribution >= 0.6 is 11.8 Å². The monoisotopic (exact) mass is 252 g/mol. The molecule has 0 aliphatic carbocycles. The van der Waals surface area contributed by atoms with E-state index in [1.165, 1.54) is 24.8 Å². The number of hydrogen-bond donors (Lipinski definition) is 0. The third-order valence-corrected chi connectivity index (χ3v) is 4.09. The van der Waals surface area contributed by atoms with Crippen LogP contribution < -0.4 is 0 Å². The van der Waals surface area contributed by atoms with Crippen LogP contribution in [0.15, 0.2) is 24.3 Å². The summed E-state index contributed by atoms with van der Waals surface area (Å²) in [6.45, 7) is 4.49. The van der Waals surface area contributed by atoms with Crippen LogP contribution in [-0.4, -0.2) is 18.8 Å². The first-order valence-corrected chi connectivity index (χ1v) is 7.07. The molecule has 0 aromatic heterocycles. The quantitative estimate of drug-likeness (QED) is 0.721. The summed E-state index contributed by atoms with van der Waals surface area (Å²) in [6, 6.07) is 7.64. The minimum Gasteiger partial charge on any atom is -0.465 e. The number of benzene rings is 1. The van der Waals surface area contributed by atoms with Crippen molar-refractivity contribution in [2.45, 2.75) is 26.0 Å². The van der Waals surface area contributed by atoms with Crippen molar-refractivity contribution in [2.24, 2.45) is 5.92 Å². The third-order valence-electron chi connectivity index (χ3n) is 2.74. The average Bonchev–Trinajstić information content (AvgIpc) is 2.38. The molecule has 0 aliphatic heterocycles. The van der Waals surface area contributed by atoms with Crippen molar-refractivity contribution in [1.82, 2.24) is 0 Å². The molecular formula is C14H20O2S. The fourth-order valence-corrected chi connectivity index (χ4v) is 2.53. The fourth-order valence-electron chi connectivity index (χ4n) is 1.35. The molecule has 1 unspecified atom stereocenters. The lowest BCUT2D eigenvalue weighted by Gasteiger charge is -2.07. The molecule has 0 saturated heterocycles. The van der Waals surface area contributed by atoms with Gasteiger partial charge in [0.15, 0.2) is 0 Å². The van der Waals surface area contributed by atoms with E-state index >= 15 is 0 Å². The summed E-state index contributed by atoms with van der Waals surface area (Å²) < 4.78 is 4.66. The molecule has 0 heterocycles. The molecule has 94 valence electrons. The number of thioether (sulfide) groups is 1. The summed E-state index contributed by atoms with van der Waals surface area (Å²) in [5, 5.41) is 0. The first kappa shape index (κ1) is 14.1. The van der Waals surface area contributed by atoms with E-state index in [0.717, 1.165) is 11.7 Å². The van der Waals surface area contributed by atoms with Crippen LogP contribution in [0.2, 0.25) is 0 Å². The number of ether oxygens (including phenoxy) is 1. The van der Waals surface area contributed by atoms with E-state index in [-0.39, 0.29) is 5.97 Å². The third kappa shape index (κ3) is 4.82. The zero-order valence-electron chi connectivity index (χ0n) is 10.7. The molecule has 0 N–H and O–H groups in total. The zero-order valence-corrected chi connectivity index (χ0v) is 11.5. The Kier molecular flexibility index (Phi) is 6.12. The van der Waals surface area contributed by atoms with Crippen molar-refractivity contribution < 1.29 is 9.53 Å². The van der Waals surface area contributed by atoms with Crippen LogP contribution in [0, 0.1) is 5.92 Å². The lowest BCUT2D eigenvalue weighted by molar-refractivity contribution is 0.0601. The SMILES string of the molecule is CCC(C)CSCc1ccc(C(=O)OC)cc1. The number of esters is 1. The van der Waals surface area contributed by atoms with E-state index in [1.54, 1.807) is 0 Å². The van der Waals surface area contributed by atoms with Crippen molar-refractivity contribution in [1.29, 1.82) is 0 Å². The van der Waals surface area contributed by atoms with Gasteiger partial charge in [-0.15, -0.1) is 0 Å². The first-order chi connectivity index (χ1) is 8.17. The Hall–Kier alpha value is -0.960. The van der Waals surface area contributed by atoms with Gasteiger partial charge in [-0.25, -0.2) is 4.79 Å². The van der Waals surface area contributed by atoms with Gasteiger partial charge in [-0.3, -0.25) is 0 Å². The summed E-state index contributed by atoms with van der Waals surface area (Å²) in [4.78, 5) is 11.2. The van der Waals surface area contributed by atoms with Gasteiger partial charge in [-0.05, 0) is 29.4 Å². The maximum absolute atomic E-state index is 11.2. The Morgan fingerprint density at radius 2 is 2.00 bits per heavy atom. The highest BCUT2D eigenvalue weighted by atomic mass is 32.2. The summed E-state index contributed by atoms with van der Waals surface area (Å²) in [5.74, 6) is 2.69. The Labute approximate surface area is 108 Å². The molecule has 0 saturated carbocycles. The van der Waals surface area contributed by atoms with Gasteiger partial charge in [0.2, 0.25) is 0 Å². The summed E-state index contributed by atoms with van der Waals surface area (Å²) in [5.41, 5.74) is 1.87. The smallest absolute Gasteiger partial charge is 0.337 e. The van der Waals surface area contributed by atoms with Crippen LogP contribution in [0.4, 0.5) is 0 Å². The summed E-state index contributed by atoms with van der Waals surface area (Å²) >= 11 is 1.94. The minimum absolute atomic E-state index is 0.274. The van der Waals surface area contributed by atoms with Crippen molar-refractivity contribution in [3.8, 4) is 0 Å². The van der Waals surface area contributed by atoms with Gasteiger partial charge in [-0.1, -0.05) is 32.4 Å². The van der Waals surface area contributed by atoms with Crippen LogP contribution in [0.1, 0.15) is 36.2 Å². The fraction of sp³-hybridized carbons (Fsp3) is 0.500. The van der Waals surface area contributed by atoms with E-state index < -0.39 is 0 Å². The Morgan fingerprint density at radius 3 is 2.53 bits per heavy atom. The predicted octanol–water partition coefficient (Wildman–Crippen LogP) is 3.75. The molecule has 3 heteroatoms. The standard InChI is InChI=1S/C14H20O2S/c1-4-11(2)9-17-10-12-5-7-13(8-6-12)14(15)16-3/h5-8,11H,4,9-10H2,1-3H3. The molecule has 17 heavy (non-hydrogen) atoms. The molecule has 1 atom stereocenters. The van der Waals surface area contributed by atoms with E-state index in [0.29, 0.717) is 5.56 Å². The van der Waals surface area contributed by atoms with Gasteiger partial charge >= 0.3 is 5.97 Å². The molecule has 0 bridgehead atoms. The lowest BCUT2D eigenvalue weighted by Crippen LogP contribution is -2.01. The number of methoxy groups -OCH3 is 1. The number of rotatable bonds is 6. The number of hydrogen-bond acceptors (Lipinski definition) is 3. The van der Waals surface area contributed by atoms with Crippen molar-refractivity contribution >= 4 is 17.7 Å². The minimum atomic E-state index is -0.274. The van der Waals surface area contributed by atoms with E-state index in [9.17, 15) is 4.79 Å². The maximum atomic E-state index is 11.2. The second-order valence-electron chi connectivity index (χ2n) is 4.22. The molecule has 0 radical (unpaired) electrons. The van der Waals surface area contributed by atoms with Gasteiger partial charge in [0, 0.05) is 5.75 Å². The Balaban J connectivity index is 2.43. The Morgan fingerprint density at radius 1 is 1.35 bits per heavy atom. The van der Waals surface area contributed by atoms with Crippen molar-refractivity contribution in [3.63, 3.8) is 0 Å². The highest BCUT2D eigenvalue weighted by molar-refractivity contribution is 7.98. The van der Waals surface area contributed by atoms with Crippen molar-refractivity contribution in [3.05, 3.63) is 35.4 Å². The van der Waals surface area contributed by atoms with Gasteiger partial charge < -0.3 is 4.74 Å².